The standard InChI is InChI=1S/C21H26/c1-21(2,3)13-12-17-10-7-11-18-14-19(15-20(17)18)16-8-5-4-6-9-16/h7,10-11,15-16H,4-6,8-9,14H2,1-3H3. The summed E-state index contributed by atoms with van der Waals surface area (Å²) in [5.74, 6) is 7.63. The van der Waals surface area contributed by atoms with E-state index in [9.17, 15) is 0 Å². The zero-order valence-corrected chi connectivity index (χ0v) is 13.6. The molecule has 0 aromatic heterocycles. The second kappa shape index (κ2) is 5.72. The molecule has 1 fully saturated rings. The summed E-state index contributed by atoms with van der Waals surface area (Å²) >= 11 is 0. The molecule has 0 aliphatic heterocycles. The van der Waals surface area contributed by atoms with Gasteiger partial charge in [0.1, 0.15) is 0 Å². The van der Waals surface area contributed by atoms with Gasteiger partial charge in [-0.15, -0.1) is 0 Å². The van der Waals surface area contributed by atoms with Crippen molar-refractivity contribution in [3.8, 4) is 11.8 Å². The smallest absolute Gasteiger partial charge is 0.0320 e. The zero-order chi connectivity index (χ0) is 14.9. The molecule has 0 nitrogen and oxygen atoms in total. The highest BCUT2D eigenvalue weighted by molar-refractivity contribution is 5.70. The maximum Gasteiger partial charge on any atom is 0.0320 e. The van der Waals surface area contributed by atoms with Crippen molar-refractivity contribution in [2.75, 3.05) is 0 Å². The van der Waals surface area contributed by atoms with Gasteiger partial charge in [0.15, 0.2) is 0 Å². The number of allylic oxidation sites excluding steroid dienone is 1. The third-order valence-corrected chi connectivity index (χ3v) is 4.62. The average Bonchev–Trinajstić information content (AvgIpc) is 2.89. The summed E-state index contributed by atoms with van der Waals surface area (Å²) in [5, 5.41) is 0. The lowest BCUT2D eigenvalue weighted by Crippen LogP contribution is -2.08. The molecule has 2 aliphatic rings. The van der Waals surface area contributed by atoms with E-state index in [0.717, 1.165) is 12.3 Å². The van der Waals surface area contributed by atoms with E-state index in [1.165, 1.54) is 48.8 Å². The Kier molecular flexibility index (Phi) is 3.94. The molecule has 3 rings (SSSR count). The van der Waals surface area contributed by atoms with Gasteiger partial charge in [0.05, 0.1) is 0 Å². The molecule has 1 aromatic rings. The maximum atomic E-state index is 3.41. The molecule has 0 atom stereocenters. The second-order valence-corrected chi connectivity index (χ2v) is 7.61. The lowest BCUT2D eigenvalue weighted by molar-refractivity contribution is 0.401. The van der Waals surface area contributed by atoms with Crippen LogP contribution in [0.3, 0.4) is 0 Å². The van der Waals surface area contributed by atoms with Crippen LogP contribution in [-0.2, 0) is 6.42 Å². The SMILES string of the molecule is CC(C)(C)C#Cc1cccc2c1C=C(C1CCCCC1)C2. The van der Waals surface area contributed by atoms with Gasteiger partial charge in [-0.2, -0.15) is 0 Å². The van der Waals surface area contributed by atoms with Crippen molar-refractivity contribution in [2.24, 2.45) is 11.3 Å². The van der Waals surface area contributed by atoms with Gasteiger partial charge in [-0.3, -0.25) is 0 Å². The molecule has 0 heterocycles. The van der Waals surface area contributed by atoms with Crippen LogP contribution in [-0.4, -0.2) is 0 Å². The Morgan fingerprint density at radius 3 is 2.52 bits per heavy atom. The highest BCUT2D eigenvalue weighted by Gasteiger charge is 2.23. The molecule has 0 spiro atoms. The summed E-state index contributed by atoms with van der Waals surface area (Å²) < 4.78 is 0. The fourth-order valence-electron chi connectivity index (χ4n) is 3.49. The molecule has 0 N–H and O–H groups in total. The molecule has 1 aromatic carbocycles. The molecule has 0 saturated heterocycles. The molecule has 0 amide bonds. The summed E-state index contributed by atoms with van der Waals surface area (Å²) in [7, 11) is 0. The van der Waals surface area contributed by atoms with E-state index in [0.29, 0.717) is 0 Å². The summed E-state index contributed by atoms with van der Waals surface area (Å²) in [6, 6.07) is 6.63. The molecule has 0 radical (unpaired) electrons. The van der Waals surface area contributed by atoms with E-state index in [1.807, 2.05) is 0 Å². The first-order chi connectivity index (χ1) is 10.0. The second-order valence-electron chi connectivity index (χ2n) is 7.61. The summed E-state index contributed by atoms with van der Waals surface area (Å²) in [6.07, 6.45) is 10.7. The first-order valence-corrected chi connectivity index (χ1v) is 8.38. The average molecular weight is 278 g/mol. The zero-order valence-electron chi connectivity index (χ0n) is 13.6. The fraction of sp³-hybridized carbons (Fsp3) is 0.524. The van der Waals surface area contributed by atoms with Crippen LogP contribution in [0.15, 0.2) is 23.8 Å². The number of hydrogen-bond acceptors (Lipinski definition) is 0. The van der Waals surface area contributed by atoms with Gasteiger partial charge in [-0.05, 0) is 63.1 Å². The molecule has 110 valence electrons. The minimum absolute atomic E-state index is 0.0667. The van der Waals surface area contributed by atoms with Crippen LogP contribution in [0.4, 0.5) is 0 Å². The Balaban J connectivity index is 1.89. The van der Waals surface area contributed by atoms with Crippen molar-refractivity contribution in [3.63, 3.8) is 0 Å². The molecule has 21 heavy (non-hydrogen) atoms. The minimum atomic E-state index is 0.0667. The first-order valence-electron chi connectivity index (χ1n) is 8.38. The van der Waals surface area contributed by atoms with E-state index < -0.39 is 0 Å². The van der Waals surface area contributed by atoms with Crippen LogP contribution in [0, 0.1) is 23.2 Å². The van der Waals surface area contributed by atoms with Crippen LogP contribution < -0.4 is 0 Å². The monoisotopic (exact) mass is 278 g/mol. The van der Waals surface area contributed by atoms with E-state index in [2.05, 4.69) is 56.9 Å². The van der Waals surface area contributed by atoms with Crippen LogP contribution in [0.1, 0.15) is 69.6 Å². The number of benzene rings is 1. The van der Waals surface area contributed by atoms with E-state index in [1.54, 1.807) is 5.57 Å². The third kappa shape index (κ3) is 3.41. The van der Waals surface area contributed by atoms with Gasteiger partial charge in [0.2, 0.25) is 0 Å². The van der Waals surface area contributed by atoms with Crippen LogP contribution in [0.2, 0.25) is 0 Å². The minimum Gasteiger partial charge on any atom is -0.0919 e. The van der Waals surface area contributed by atoms with E-state index in [4.69, 9.17) is 0 Å². The van der Waals surface area contributed by atoms with Gasteiger partial charge < -0.3 is 0 Å². The van der Waals surface area contributed by atoms with Gasteiger partial charge in [0, 0.05) is 11.0 Å². The Bertz CT molecular complexity index is 608. The summed E-state index contributed by atoms with van der Waals surface area (Å²) in [5.41, 5.74) is 5.83. The normalized spacial score (nSPS) is 18.7. The molecule has 2 aliphatic carbocycles. The number of fused-ring (bicyclic) bond motifs is 1. The Morgan fingerprint density at radius 2 is 1.81 bits per heavy atom. The Labute approximate surface area is 129 Å². The number of hydrogen-bond donors (Lipinski definition) is 0. The highest BCUT2D eigenvalue weighted by atomic mass is 14.3. The van der Waals surface area contributed by atoms with Crippen LogP contribution in [0.25, 0.3) is 6.08 Å². The Hall–Kier alpha value is -1.48. The summed E-state index contributed by atoms with van der Waals surface area (Å²) in [6.45, 7) is 6.52. The van der Waals surface area contributed by atoms with Gasteiger partial charge >= 0.3 is 0 Å². The molecular weight excluding hydrogens is 252 g/mol. The van der Waals surface area contributed by atoms with Crippen LogP contribution in [0.5, 0.6) is 0 Å². The molecule has 0 unspecified atom stereocenters. The highest BCUT2D eigenvalue weighted by Crippen LogP contribution is 2.37. The van der Waals surface area contributed by atoms with Crippen molar-refractivity contribution >= 4 is 6.08 Å². The lowest BCUT2D eigenvalue weighted by atomic mass is 9.83. The third-order valence-electron chi connectivity index (χ3n) is 4.62. The lowest BCUT2D eigenvalue weighted by Gasteiger charge is -2.22. The van der Waals surface area contributed by atoms with Gasteiger partial charge in [0.25, 0.3) is 0 Å². The predicted octanol–water partition coefficient (Wildman–Crippen LogP) is 5.60. The topological polar surface area (TPSA) is 0 Å². The Morgan fingerprint density at radius 1 is 1.05 bits per heavy atom. The van der Waals surface area contributed by atoms with Crippen molar-refractivity contribution in [2.45, 2.75) is 59.3 Å². The van der Waals surface area contributed by atoms with Gasteiger partial charge in [-0.1, -0.05) is 54.9 Å². The fourth-order valence-corrected chi connectivity index (χ4v) is 3.49. The van der Waals surface area contributed by atoms with Crippen molar-refractivity contribution < 1.29 is 0 Å². The maximum absolute atomic E-state index is 3.41. The van der Waals surface area contributed by atoms with E-state index in [-0.39, 0.29) is 5.41 Å². The first kappa shape index (κ1) is 14.5. The molecule has 0 bridgehead atoms. The molecule has 0 heteroatoms. The quantitative estimate of drug-likeness (QED) is 0.586. The van der Waals surface area contributed by atoms with Crippen molar-refractivity contribution in [1.29, 1.82) is 0 Å². The predicted molar refractivity (Wildman–Crippen MR) is 91.0 cm³/mol. The largest absolute Gasteiger partial charge is 0.0919 e. The van der Waals surface area contributed by atoms with Crippen molar-refractivity contribution in [1.82, 2.24) is 0 Å². The molecular formula is C21H26. The van der Waals surface area contributed by atoms with Crippen LogP contribution >= 0.6 is 0 Å². The summed E-state index contributed by atoms with van der Waals surface area (Å²) in [4.78, 5) is 0. The van der Waals surface area contributed by atoms with Gasteiger partial charge in [-0.25, -0.2) is 0 Å². The van der Waals surface area contributed by atoms with E-state index >= 15 is 0 Å². The molecule has 1 saturated carbocycles. The van der Waals surface area contributed by atoms with Crippen molar-refractivity contribution in [3.05, 3.63) is 40.5 Å². The number of rotatable bonds is 1.